The van der Waals surface area contributed by atoms with Crippen LogP contribution in [0.1, 0.15) is 55.8 Å². The van der Waals surface area contributed by atoms with Crippen molar-refractivity contribution in [1.29, 1.82) is 0 Å². The maximum absolute atomic E-state index is 13.0. The van der Waals surface area contributed by atoms with Gasteiger partial charge in [0.2, 0.25) is 5.91 Å². The van der Waals surface area contributed by atoms with Gasteiger partial charge >= 0.3 is 0 Å². The van der Waals surface area contributed by atoms with E-state index in [1.54, 1.807) is 0 Å². The van der Waals surface area contributed by atoms with Crippen molar-refractivity contribution in [3.63, 3.8) is 0 Å². The van der Waals surface area contributed by atoms with E-state index < -0.39 is 0 Å². The number of para-hydroxylation sites is 1. The molecular formula is C23H28N2O. The van der Waals surface area contributed by atoms with Crippen molar-refractivity contribution in [2.45, 2.75) is 46.1 Å². The molecule has 0 saturated carbocycles. The second-order valence-corrected chi connectivity index (χ2v) is 6.89. The predicted molar refractivity (Wildman–Crippen MR) is 108 cm³/mol. The molecule has 0 aliphatic carbocycles. The number of nitrogens with one attached hydrogen (secondary N) is 1. The van der Waals surface area contributed by atoms with Crippen LogP contribution in [-0.4, -0.2) is 22.3 Å². The average Bonchev–Trinajstić information content (AvgIpc) is 3.09. The molecule has 136 valence electrons. The first-order valence-electron chi connectivity index (χ1n) is 9.57. The first-order chi connectivity index (χ1) is 12.7. The minimum atomic E-state index is -0.0684. The molecule has 1 aromatic heterocycles. The van der Waals surface area contributed by atoms with Crippen LogP contribution < -0.4 is 0 Å². The molecule has 1 unspecified atom stereocenters. The Bertz CT molecular complexity index is 863. The number of carbonyl (C=O) groups is 1. The van der Waals surface area contributed by atoms with Crippen molar-refractivity contribution in [1.82, 2.24) is 9.88 Å². The molecule has 1 heterocycles. The van der Waals surface area contributed by atoms with Crippen molar-refractivity contribution < 1.29 is 4.79 Å². The second kappa shape index (κ2) is 8.22. The number of aryl methyl sites for hydroxylation is 1. The van der Waals surface area contributed by atoms with Gasteiger partial charge in [0.25, 0.3) is 0 Å². The molecule has 0 fully saturated rings. The lowest BCUT2D eigenvalue weighted by atomic mass is 9.95. The molecule has 2 aromatic carbocycles. The number of aromatic amines is 1. The van der Waals surface area contributed by atoms with E-state index in [9.17, 15) is 4.79 Å². The molecule has 3 rings (SSSR count). The normalized spacial score (nSPS) is 12.3. The zero-order chi connectivity index (χ0) is 18.5. The molecule has 0 aliphatic rings. The highest BCUT2D eigenvalue weighted by molar-refractivity contribution is 5.85. The Morgan fingerprint density at radius 2 is 1.81 bits per heavy atom. The number of benzene rings is 2. The van der Waals surface area contributed by atoms with Gasteiger partial charge in [-0.2, -0.15) is 0 Å². The lowest BCUT2D eigenvalue weighted by Crippen LogP contribution is -2.35. The third-order valence-corrected chi connectivity index (χ3v) is 5.03. The molecular weight excluding hydrogens is 320 g/mol. The Balaban J connectivity index is 2.09. The number of aromatic nitrogens is 1. The summed E-state index contributed by atoms with van der Waals surface area (Å²) in [5.41, 5.74) is 4.66. The molecule has 3 aromatic rings. The van der Waals surface area contributed by atoms with E-state index >= 15 is 0 Å². The molecule has 1 amide bonds. The van der Waals surface area contributed by atoms with Gasteiger partial charge in [-0.25, -0.2) is 0 Å². The highest BCUT2D eigenvalue weighted by Gasteiger charge is 2.27. The first kappa shape index (κ1) is 18.2. The van der Waals surface area contributed by atoms with Crippen LogP contribution in [0.15, 0.2) is 54.7 Å². The number of hydrogen-bond acceptors (Lipinski definition) is 1. The van der Waals surface area contributed by atoms with Crippen LogP contribution in [0.25, 0.3) is 10.9 Å². The fourth-order valence-corrected chi connectivity index (χ4v) is 3.57. The average molecular weight is 348 g/mol. The zero-order valence-electron chi connectivity index (χ0n) is 16.0. The summed E-state index contributed by atoms with van der Waals surface area (Å²) >= 11 is 0. The third kappa shape index (κ3) is 3.67. The van der Waals surface area contributed by atoms with Gasteiger partial charge in [-0.05, 0) is 31.9 Å². The number of rotatable bonds is 7. The summed E-state index contributed by atoms with van der Waals surface area (Å²) in [5.74, 6) is 0.227. The Morgan fingerprint density at radius 3 is 2.50 bits per heavy atom. The van der Waals surface area contributed by atoms with Crippen LogP contribution >= 0.6 is 0 Å². The van der Waals surface area contributed by atoms with Crippen LogP contribution in [0.2, 0.25) is 0 Å². The van der Waals surface area contributed by atoms with Crippen molar-refractivity contribution in [3.8, 4) is 0 Å². The number of fused-ring (bicyclic) bond motifs is 1. The Labute approximate surface area is 156 Å². The maximum atomic E-state index is 13.0. The summed E-state index contributed by atoms with van der Waals surface area (Å²) in [5, 5.41) is 1.18. The quantitative estimate of drug-likeness (QED) is 0.592. The fraction of sp³-hybridized carbons (Fsp3) is 0.348. The standard InChI is InChI=1S/C23H28N2O/c1-4-6-11-22(26)25(5-2)23(18-14-12-17(3)13-15-18)20-16-24-21-10-8-7-9-19(20)21/h7-10,12-16,23-24H,4-6,11H2,1-3H3. The minimum absolute atomic E-state index is 0.0684. The third-order valence-electron chi connectivity index (χ3n) is 5.03. The van der Waals surface area contributed by atoms with Crippen molar-refractivity contribution in [2.24, 2.45) is 0 Å². The summed E-state index contributed by atoms with van der Waals surface area (Å²) in [6, 6.07) is 16.8. The number of hydrogen-bond donors (Lipinski definition) is 1. The van der Waals surface area contributed by atoms with Gasteiger partial charge in [-0.3, -0.25) is 4.79 Å². The van der Waals surface area contributed by atoms with Crippen LogP contribution in [0.4, 0.5) is 0 Å². The van der Waals surface area contributed by atoms with E-state index in [-0.39, 0.29) is 11.9 Å². The largest absolute Gasteiger partial charge is 0.361 e. The molecule has 1 atom stereocenters. The van der Waals surface area contributed by atoms with Crippen LogP contribution in [0, 0.1) is 6.92 Å². The van der Waals surface area contributed by atoms with Gasteiger partial charge < -0.3 is 9.88 Å². The summed E-state index contributed by atoms with van der Waals surface area (Å²) in [6.45, 7) is 6.98. The molecule has 3 heteroatoms. The monoisotopic (exact) mass is 348 g/mol. The van der Waals surface area contributed by atoms with E-state index in [2.05, 4.69) is 74.4 Å². The van der Waals surface area contributed by atoms with Crippen LogP contribution in [0.5, 0.6) is 0 Å². The summed E-state index contributed by atoms with van der Waals surface area (Å²) in [6.07, 6.45) is 4.63. The van der Waals surface area contributed by atoms with Crippen molar-refractivity contribution in [3.05, 3.63) is 71.4 Å². The second-order valence-electron chi connectivity index (χ2n) is 6.89. The van der Waals surface area contributed by atoms with Gasteiger partial charge in [0.1, 0.15) is 0 Å². The summed E-state index contributed by atoms with van der Waals surface area (Å²) in [4.78, 5) is 18.4. The highest BCUT2D eigenvalue weighted by Crippen LogP contribution is 2.34. The molecule has 0 radical (unpaired) electrons. The van der Waals surface area contributed by atoms with Gasteiger partial charge in [-0.15, -0.1) is 0 Å². The molecule has 0 aliphatic heterocycles. The predicted octanol–water partition coefficient (Wildman–Crippen LogP) is 5.60. The van der Waals surface area contributed by atoms with Gasteiger partial charge in [0, 0.05) is 35.6 Å². The van der Waals surface area contributed by atoms with Crippen LogP contribution in [-0.2, 0) is 4.79 Å². The van der Waals surface area contributed by atoms with Gasteiger partial charge in [-0.1, -0.05) is 61.4 Å². The summed E-state index contributed by atoms with van der Waals surface area (Å²) < 4.78 is 0. The number of carbonyl (C=O) groups excluding carboxylic acids is 1. The number of unbranched alkanes of at least 4 members (excludes halogenated alkanes) is 1. The van der Waals surface area contributed by atoms with Gasteiger partial charge in [0.05, 0.1) is 6.04 Å². The molecule has 3 nitrogen and oxygen atoms in total. The van der Waals surface area contributed by atoms with E-state index in [0.29, 0.717) is 13.0 Å². The van der Waals surface area contributed by atoms with E-state index in [4.69, 9.17) is 0 Å². The van der Waals surface area contributed by atoms with E-state index in [1.807, 2.05) is 11.0 Å². The topological polar surface area (TPSA) is 36.1 Å². The van der Waals surface area contributed by atoms with Gasteiger partial charge in [0.15, 0.2) is 0 Å². The number of amides is 1. The molecule has 0 saturated heterocycles. The van der Waals surface area contributed by atoms with E-state index in [1.165, 1.54) is 10.9 Å². The fourth-order valence-electron chi connectivity index (χ4n) is 3.57. The molecule has 1 N–H and O–H groups in total. The highest BCUT2D eigenvalue weighted by atomic mass is 16.2. The Morgan fingerprint density at radius 1 is 1.08 bits per heavy atom. The minimum Gasteiger partial charge on any atom is -0.361 e. The molecule has 0 spiro atoms. The first-order valence-corrected chi connectivity index (χ1v) is 9.57. The molecule has 26 heavy (non-hydrogen) atoms. The Kier molecular flexibility index (Phi) is 5.77. The van der Waals surface area contributed by atoms with Crippen molar-refractivity contribution >= 4 is 16.8 Å². The van der Waals surface area contributed by atoms with E-state index in [0.717, 1.165) is 29.5 Å². The Hall–Kier alpha value is -2.55. The van der Waals surface area contributed by atoms with Crippen molar-refractivity contribution in [2.75, 3.05) is 6.54 Å². The smallest absolute Gasteiger partial charge is 0.223 e. The maximum Gasteiger partial charge on any atom is 0.223 e. The van der Waals surface area contributed by atoms with Crippen LogP contribution in [0.3, 0.4) is 0 Å². The summed E-state index contributed by atoms with van der Waals surface area (Å²) in [7, 11) is 0. The lowest BCUT2D eigenvalue weighted by Gasteiger charge is -2.31. The number of nitrogens with zero attached hydrogens (tertiary/aromatic N) is 1. The lowest BCUT2D eigenvalue weighted by molar-refractivity contribution is -0.132. The zero-order valence-corrected chi connectivity index (χ0v) is 16.0. The number of H-pyrrole nitrogens is 1. The SMILES string of the molecule is CCCCC(=O)N(CC)C(c1ccc(C)cc1)c1c[nH]c2ccccc12. The molecule has 0 bridgehead atoms.